The predicted octanol–water partition coefficient (Wildman–Crippen LogP) is 4.62. The third-order valence-corrected chi connectivity index (χ3v) is 4.86. The van der Waals surface area contributed by atoms with E-state index < -0.39 is 12.0 Å². The number of nitrogens with zero attached hydrogens (tertiary/aromatic N) is 1. The average Bonchev–Trinajstić information content (AvgIpc) is 3.37. The molecule has 0 atom stereocenters. The first-order chi connectivity index (χ1) is 14.0. The molecule has 0 saturated heterocycles. The number of amides is 1. The molecular weight excluding hydrogens is 382 g/mol. The molecule has 4 rings (SSSR count). The van der Waals surface area contributed by atoms with Gasteiger partial charge in [0.2, 0.25) is 5.91 Å². The molecule has 150 valence electrons. The van der Waals surface area contributed by atoms with Crippen LogP contribution in [0, 0.1) is 0 Å². The fraction of sp³-hybridized carbons (Fsp3) is 0.238. The topological polar surface area (TPSA) is 73.6 Å². The molecule has 1 saturated carbocycles. The summed E-state index contributed by atoms with van der Waals surface area (Å²) < 4.78 is 39.8. The van der Waals surface area contributed by atoms with Crippen LogP contribution in [-0.2, 0) is 10.2 Å². The van der Waals surface area contributed by atoms with Gasteiger partial charge in [-0.05, 0) is 37.1 Å². The van der Waals surface area contributed by atoms with Gasteiger partial charge >= 0.3 is 6.61 Å². The lowest BCUT2D eigenvalue weighted by Crippen LogP contribution is -2.28. The molecule has 3 aromatic rings. The van der Waals surface area contributed by atoms with E-state index in [4.69, 9.17) is 9.26 Å². The molecule has 29 heavy (non-hydrogen) atoms. The molecule has 1 aliphatic rings. The summed E-state index contributed by atoms with van der Waals surface area (Å²) in [4.78, 5) is 12.9. The van der Waals surface area contributed by atoms with Crippen LogP contribution in [0.25, 0.3) is 11.3 Å². The van der Waals surface area contributed by atoms with Crippen LogP contribution >= 0.6 is 0 Å². The number of hydrogen-bond acceptors (Lipinski definition) is 5. The number of rotatable bonds is 7. The Labute approximate surface area is 165 Å². The molecule has 0 bridgehead atoms. The molecule has 2 aromatic carbocycles. The van der Waals surface area contributed by atoms with Crippen molar-refractivity contribution < 1.29 is 27.6 Å². The normalized spacial score (nSPS) is 14.5. The van der Waals surface area contributed by atoms with Gasteiger partial charge in [-0.3, -0.25) is 4.79 Å². The Morgan fingerprint density at radius 1 is 1.14 bits per heavy atom. The lowest BCUT2D eigenvalue weighted by atomic mass is 10.00. The van der Waals surface area contributed by atoms with Crippen molar-refractivity contribution in [3.05, 3.63) is 60.3 Å². The third-order valence-electron chi connectivity index (χ3n) is 4.86. The average molecular weight is 400 g/mol. The van der Waals surface area contributed by atoms with Gasteiger partial charge in [-0.1, -0.05) is 23.4 Å². The largest absolute Gasteiger partial charge is 0.497 e. The molecule has 1 aliphatic carbocycles. The minimum Gasteiger partial charge on any atom is -0.497 e. The molecular formula is C21H18F2N2O4. The van der Waals surface area contributed by atoms with Crippen molar-refractivity contribution in [2.75, 3.05) is 12.4 Å². The maximum absolute atomic E-state index is 12.9. The van der Waals surface area contributed by atoms with Gasteiger partial charge in [-0.25, -0.2) is 0 Å². The first kappa shape index (κ1) is 18.9. The number of alkyl halides is 2. The minimum absolute atomic E-state index is 0.0237. The number of carbonyl (C=O) groups excluding carboxylic acids is 1. The zero-order valence-corrected chi connectivity index (χ0v) is 15.5. The number of ether oxygens (including phenoxy) is 2. The highest BCUT2D eigenvalue weighted by atomic mass is 19.3. The number of anilines is 1. The first-order valence-corrected chi connectivity index (χ1v) is 8.98. The molecule has 8 heteroatoms. The summed E-state index contributed by atoms with van der Waals surface area (Å²) in [7, 11) is 1.58. The van der Waals surface area contributed by atoms with Gasteiger partial charge < -0.3 is 19.3 Å². The van der Waals surface area contributed by atoms with Crippen LogP contribution in [0.5, 0.6) is 11.5 Å². The van der Waals surface area contributed by atoms with Crippen molar-refractivity contribution in [2.24, 2.45) is 0 Å². The van der Waals surface area contributed by atoms with Crippen molar-refractivity contribution in [1.29, 1.82) is 0 Å². The number of benzene rings is 2. The minimum atomic E-state index is -2.93. The SMILES string of the molecule is COc1cccc(-c2cc(C3(C(=O)Nc4cccc(OC(F)F)c4)CC3)no2)c1. The smallest absolute Gasteiger partial charge is 0.387 e. The number of aromatic nitrogens is 1. The van der Waals surface area contributed by atoms with E-state index >= 15 is 0 Å². The van der Waals surface area contributed by atoms with Gasteiger partial charge in [-0.2, -0.15) is 8.78 Å². The Morgan fingerprint density at radius 3 is 2.62 bits per heavy atom. The fourth-order valence-corrected chi connectivity index (χ4v) is 3.14. The molecule has 0 unspecified atom stereocenters. The van der Waals surface area contributed by atoms with E-state index in [1.54, 1.807) is 19.2 Å². The second kappa shape index (κ2) is 7.54. The standard InChI is InChI=1S/C21H18F2N2O4/c1-27-15-6-2-4-13(10-15)17-12-18(25-29-17)21(8-9-21)19(26)24-14-5-3-7-16(11-14)28-20(22)23/h2-7,10-12,20H,8-9H2,1H3,(H,24,26). The van der Waals surface area contributed by atoms with Crippen LogP contribution in [0.15, 0.2) is 59.1 Å². The second-order valence-electron chi connectivity index (χ2n) is 6.75. The molecule has 1 fully saturated rings. The van der Waals surface area contributed by atoms with E-state index in [1.165, 1.54) is 18.2 Å². The first-order valence-electron chi connectivity index (χ1n) is 8.98. The van der Waals surface area contributed by atoms with Gasteiger partial charge in [0.25, 0.3) is 0 Å². The van der Waals surface area contributed by atoms with Crippen LogP contribution < -0.4 is 14.8 Å². The Bertz CT molecular complexity index is 1030. The highest BCUT2D eigenvalue weighted by Gasteiger charge is 2.53. The highest BCUT2D eigenvalue weighted by molar-refractivity contribution is 6.01. The van der Waals surface area contributed by atoms with Gasteiger partial charge in [-0.15, -0.1) is 0 Å². The van der Waals surface area contributed by atoms with Crippen molar-refractivity contribution >= 4 is 11.6 Å². The summed E-state index contributed by atoms with van der Waals surface area (Å²) in [6, 6.07) is 15.0. The van der Waals surface area contributed by atoms with E-state index in [9.17, 15) is 13.6 Å². The van der Waals surface area contributed by atoms with E-state index in [1.807, 2.05) is 24.3 Å². The van der Waals surface area contributed by atoms with E-state index in [-0.39, 0.29) is 11.7 Å². The second-order valence-corrected chi connectivity index (χ2v) is 6.75. The van der Waals surface area contributed by atoms with Gasteiger partial charge in [0.05, 0.1) is 18.2 Å². The van der Waals surface area contributed by atoms with Gasteiger partial charge in [0.15, 0.2) is 5.76 Å². The van der Waals surface area contributed by atoms with Crippen LogP contribution in [0.2, 0.25) is 0 Å². The summed E-state index contributed by atoms with van der Waals surface area (Å²) in [6.45, 7) is -2.93. The maximum atomic E-state index is 12.9. The van der Waals surface area contributed by atoms with E-state index in [0.29, 0.717) is 35.7 Å². The Kier molecular flexibility index (Phi) is 4.92. The number of methoxy groups -OCH3 is 1. The summed E-state index contributed by atoms with van der Waals surface area (Å²) >= 11 is 0. The number of halogens is 2. The third kappa shape index (κ3) is 3.91. The number of hydrogen-bond donors (Lipinski definition) is 1. The van der Waals surface area contributed by atoms with Crippen molar-refractivity contribution in [1.82, 2.24) is 5.16 Å². The Morgan fingerprint density at radius 2 is 1.90 bits per heavy atom. The van der Waals surface area contributed by atoms with Crippen molar-refractivity contribution in [3.8, 4) is 22.8 Å². The molecule has 1 N–H and O–H groups in total. The maximum Gasteiger partial charge on any atom is 0.387 e. The lowest BCUT2D eigenvalue weighted by molar-refractivity contribution is -0.118. The van der Waals surface area contributed by atoms with Crippen LogP contribution in [0.3, 0.4) is 0 Å². The predicted molar refractivity (Wildman–Crippen MR) is 101 cm³/mol. The van der Waals surface area contributed by atoms with Crippen LogP contribution in [0.4, 0.5) is 14.5 Å². The Balaban J connectivity index is 1.52. The Hall–Kier alpha value is -3.42. The molecule has 0 spiro atoms. The summed E-state index contributed by atoms with van der Waals surface area (Å²) in [5.74, 6) is 0.928. The zero-order valence-electron chi connectivity index (χ0n) is 15.5. The fourth-order valence-electron chi connectivity index (χ4n) is 3.14. The summed E-state index contributed by atoms with van der Waals surface area (Å²) in [5, 5.41) is 6.86. The zero-order chi connectivity index (χ0) is 20.4. The quantitative estimate of drug-likeness (QED) is 0.626. The number of nitrogens with one attached hydrogen (secondary N) is 1. The lowest BCUT2D eigenvalue weighted by Gasteiger charge is -2.13. The molecule has 0 aliphatic heterocycles. The van der Waals surface area contributed by atoms with E-state index in [0.717, 1.165) is 5.56 Å². The number of carbonyl (C=O) groups is 1. The molecule has 0 radical (unpaired) electrons. The summed E-state index contributed by atoms with van der Waals surface area (Å²) in [5.41, 5.74) is 0.903. The van der Waals surface area contributed by atoms with Crippen molar-refractivity contribution in [2.45, 2.75) is 24.9 Å². The molecule has 6 nitrogen and oxygen atoms in total. The van der Waals surface area contributed by atoms with E-state index in [2.05, 4.69) is 15.2 Å². The molecule has 1 aromatic heterocycles. The van der Waals surface area contributed by atoms with Crippen molar-refractivity contribution in [3.63, 3.8) is 0 Å². The monoisotopic (exact) mass is 400 g/mol. The van der Waals surface area contributed by atoms with Gasteiger partial charge in [0, 0.05) is 23.4 Å². The summed E-state index contributed by atoms with van der Waals surface area (Å²) in [6.07, 6.45) is 1.24. The van der Waals surface area contributed by atoms with Crippen LogP contribution in [-0.4, -0.2) is 24.8 Å². The highest BCUT2D eigenvalue weighted by Crippen LogP contribution is 2.49. The molecule has 1 amide bonds. The van der Waals surface area contributed by atoms with Crippen LogP contribution in [0.1, 0.15) is 18.5 Å². The van der Waals surface area contributed by atoms with Gasteiger partial charge in [0.1, 0.15) is 11.5 Å². The molecule has 1 heterocycles.